The number of ether oxygens (including phenoxy) is 1. The Hall–Kier alpha value is -0.540. The first-order chi connectivity index (χ1) is 5.63. The molecule has 1 aliphatic rings. The fourth-order valence-electron chi connectivity index (χ4n) is 1.18. The predicted molar refractivity (Wildman–Crippen MR) is 45.5 cm³/mol. The fourth-order valence-corrected chi connectivity index (χ4v) is 1.18. The molecule has 0 aromatic carbocycles. The summed E-state index contributed by atoms with van der Waals surface area (Å²) in [7, 11) is 0. The van der Waals surface area contributed by atoms with Gasteiger partial charge in [0, 0.05) is 6.42 Å². The van der Waals surface area contributed by atoms with E-state index in [2.05, 4.69) is 0 Å². The summed E-state index contributed by atoms with van der Waals surface area (Å²) in [5, 5.41) is 19.0. The largest absolute Gasteiger partial charge is 0.495 e. The number of hydrogen-bond donors (Lipinski definition) is 2. The van der Waals surface area contributed by atoms with Gasteiger partial charge in [0.1, 0.15) is 11.9 Å². The zero-order chi connectivity index (χ0) is 9.14. The lowest BCUT2D eigenvalue weighted by Gasteiger charge is -2.21. The van der Waals surface area contributed by atoms with Crippen molar-refractivity contribution in [1.82, 2.24) is 0 Å². The first-order valence-corrected chi connectivity index (χ1v) is 4.32. The van der Waals surface area contributed by atoms with Crippen molar-refractivity contribution >= 4 is 0 Å². The van der Waals surface area contributed by atoms with Gasteiger partial charge in [-0.15, -0.1) is 0 Å². The molecule has 1 aliphatic heterocycles. The molecule has 0 spiro atoms. The van der Waals surface area contributed by atoms with E-state index in [1.54, 1.807) is 0 Å². The van der Waals surface area contributed by atoms with Crippen LogP contribution in [0.2, 0.25) is 0 Å². The molecule has 0 aromatic heterocycles. The molecular formula is C9H16O3. The van der Waals surface area contributed by atoms with Crippen LogP contribution in [0.25, 0.3) is 0 Å². The van der Waals surface area contributed by atoms with Crippen molar-refractivity contribution < 1.29 is 14.9 Å². The van der Waals surface area contributed by atoms with Crippen molar-refractivity contribution in [3.05, 3.63) is 11.8 Å². The Labute approximate surface area is 72.7 Å². The van der Waals surface area contributed by atoms with E-state index in [4.69, 9.17) is 4.74 Å². The monoisotopic (exact) mass is 172 g/mol. The van der Waals surface area contributed by atoms with Crippen molar-refractivity contribution in [3.8, 4) is 0 Å². The van der Waals surface area contributed by atoms with Crippen LogP contribution in [0, 0.1) is 5.92 Å². The van der Waals surface area contributed by atoms with Crippen LogP contribution in [-0.4, -0.2) is 29.0 Å². The van der Waals surface area contributed by atoms with E-state index in [1.807, 2.05) is 19.9 Å². The Morgan fingerprint density at radius 3 is 2.50 bits per heavy atom. The molecule has 0 amide bonds. The predicted octanol–water partition coefficient (Wildman–Crippen LogP) is 0.668. The summed E-state index contributed by atoms with van der Waals surface area (Å²) >= 11 is 0. The van der Waals surface area contributed by atoms with Crippen molar-refractivity contribution in [1.29, 1.82) is 0 Å². The van der Waals surface area contributed by atoms with Gasteiger partial charge in [0.2, 0.25) is 0 Å². The molecule has 3 heteroatoms. The number of hydrogen-bond acceptors (Lipinski definition) is 3. The van der Waals surface area contributed by atoms with Crippen LogP contribution in [0.1, 0.15) is 20.3 Å². The zero-order valence-corrected chi connectivity index (χ0v) is 7.53. The van der Waals surface area contributed by atoms with E-state index in [9.17, 15) is 10.2 Å². The van der Waals surface area contributed by atoms with Crippen molar-refractivity contribution in [3.63, 3.8) is 0 Å². The maximum Gasteiger partial charge on any atom is 0.137 e. The summed E-state index contributed by atoms with van der Waals surface area (Å²) < 4.78 is 5.14. The Kier molecular flexibility index (Phi) is 3.12. The van der Waals surface area contributed by atoms with E-state index in [1.165, 1.54) is 0 Å². The fraction of sp³-hybridized carbons (Fsp3) is 0.778. The minimum Gasteiger partial charge on any atom is -0.495 e. The van der Waals surface area contributed by atoms with E-state index < -0.39 is 12.2 Å². The van der Waals surface area contributed by atoms with Gasteiger partial charge in [-0.05, 0) is 12.0 Å². The molecule has 12 heavy (non-hydrogen) atoms. The highest BCUT2D eigenvalue weighted by molar-refractivity contribution is 5.06. The lowest BCUT2D eigenvalue weighted by molar-refractivity contribution is -0.0148. The Balaban J connectivity index is 2.51. The normalized spacial score (nSPS) is 21.9. The highest BCUT2D eigenvalue weighted by atomic mass is 16.5. The quantitative estimate of drug-likeness (QED) is 0.657. The molecule has 0 fully saturated rings. The van der Waals surface area contributed by atoms with Crippen molar-refractivity contribution in [2.24, 2.45) is 5.92 Å². The molecule has 1 rings (SSSR count). The molecular weight excluding hydrogens is 156 g/mol. The molecule has 2 unspecified atom stereocenters. The summed E-state index contributed by atoms with van der Waals surface area (Å²) in [6.07, 6.45) is 1.08. The average molecular weight is 172 g/mol. The minimum atomic E-state index is -0.854. The summed E-state index contributed by atoms with van der Waals surface area (Å²) in [6.45, 7) is 4.35. The second-order valence-electron chi connectivity index (χ2n) is 3.42. The van der Waals surface area contributed by atoms with E-state index >= 15 is 0 Å². The summed E-state index contributed by atoms with van der Waals surface area (Å²) in [6, 6.07) is 0. The summed E-state index contributed by atoms with van der Waals surface area (Å²) in [4.78, 5) is 0. The lowest BCUT2D eigenvalue weighted by atomic mass is 10.0. The minimum absolute atomic E-state index is 0.0464. The van der Waals surface area contributed by atoms with Gasteiger partial charge in [-0.25, -0.2) is 0 Å². The van der Waals surface area contributed by atoms with E-state index in [0.29, 0.717) is 12.4 Å². The van der Waals surface area contributed by atoms with Crippen molar-refractivity contribution in [2.45, 2.75) is 32.5 Å². The van der Waals surface area contributed by atoms with Crippen LogP contribution in [0.15, 0.2) is 11.8 Å². The number of aliphatic hydroxyl groups is 2. The molecule has 0 aliphatic carbocycles. The molecule has 0 aromatic rings. The Bertz CT molecular complexity index is 175. The van der Waals surface area contributed by atoms with Crippen LogP contribution in [0.5, 0.6) is 0 Å². The molecule has 0 saturated carbocycles. The average Bonchev–Trinajstić information content (AvgIpc) is 2.53. The molecule has 2 atom stereocenters. The summed E-state index contributed by atoms with van der Waals surface area (Å²) in [5.41, 5.74) is 0. The molecule has 0 radical (unpaired) electrons. The molecule has 3 nitrogen and oxygen atoms in total. The molecule has 0 saturated heterocycles. The first kappa shape index (κ1) is 9.55. The standard InChI is InChI=1S/C9H16O3/c1-6(2)8(10)9(11)7-4-3-5-12-7/h4,6,8-11H,3,5H2,1-2H3. The highest BCUT2D eigenvalue weighted by Crippen LogP contribution is 2.19. The van der Waals surface area contributed by atoms with Crippen LogP contribution in [0.3, 0.4) is 0 Å². The van der Waals surface area contributed by atoms with Crippen LogP contribution in [-0.2, 0) is 4.74 Å². The number of aliphatic hydroxyl groups excluding tert-OH is 2. The topological polar surface area (TPSA) is 49.7 Å². The van der Waals surface area contributed by atoms with E-state index in [0.717, 1.165) is 6.42 Å². The van der Waals surface area contributed by atoms with Crippen molar-refractivity contribution in [2.75, 3.05) is 6.61 Å². The molecule has 1 heterocycles. The smallest absolute Gasteiger partial charge is 0.137 e. The van der Waals surface area contributed by atoms with Gasteiger partial charge >= 0.3 is 0 Å². The van der Waals surface area contributed by atoms with Gasteiger partial charge in [-0.2, -0.15) is 0 Å². The Morgan fingerprint density at radius 2 is 2.08 bits per heavy atom. The zero-order valence-electron chi connectivity index (χ0n) is 7.53. The Morgan fingerprint density at radius 1 is 1.42 bits per heavy atom. The second-order valence-corrected chi connectivity index (χ2v) is 3.42. The molecule has 0 bridgehead atoms. The van der Waals surface area contributed by atoms with Crippen LogP contribution >= 0.6 is 0 Å². The first-order valence-electron chi connectivity index (χ1n) is 4.32. The third-order valence-electron chi connectivity index (χ3n) is 2.03. The maximum atomic E-state index is 9.54. The third kappa shape index (κ3) is 1.99. The van der Waals surface area contributed by atoms with E-state index in [-0.39, 0.29) is 5.92 Å². The maximum absolute atomic E-state index is 9.54. The third-order valence-corrected chi connectivity index (χ3v) is 2.03. The van der Waals surface area contributed by atoms with Gasteiger partial charge in [0.25, 0.3) is 0 Å². The van der Waals surface area contributed by atoms with Crippen LogP contribution in [0.4, 0.5) is 0 Å². The SMILES string of the molecule is CC(C)C(O)C(O)C1=CCCO1. The summed E-state index contributed by atoms with van der Waals surface area (Å²) in [5.74, 6) is 0.571. The lowest BCUT2D eigenvalue weighted by Crippen LogP contribution is -2.32. The second kappa shape index (κ2) is 3.92. The van der Waals surface area contributed by atoms with Gasteiger partial charge in [0.05, 0.1) is 12.7 Å². The van der Waals surface area contributed by atoms with Crippen LogP contribution < -0.4 is 0 Å². The number of rotatable bonds is 3. The van der Waals surface area contributed by atoms with Gasteiger partial charge in [-0.3, -0.25) is 0 Å². The van der Waals surface area contributed by atoms with Gasteiger partial charge in [0.15, 0.2) is 0 Å². The molecule has 2 N–H and O–H groups in total. The van der Waals surface area contributed by atoms with Gasteiger partial charge in [-0.1, -0.05) is 13.8 Å². The van der Waals surface area contributed by atoms with Gasteiger partial charge < -0.3 is 14.9 Å². The molecule has 70 valence electrons. The highest BCUT2D eigenvalue weighted by Gasteiger charge is 2.26.